The molecule has 0 bridgehead atoms. The van der Waals surface area contributed by atoms with Crippen LogP contribution in [-0.2, 0) is 15.1 Å². The van der Waals surface area contributed by atoms with Gasteiger partial charge in [0.15, 0.2) is 11.4 Å². The standard InChI is InChI=1S/C19H18O2S/c1-13-7-9-14(10-8-13)19(18-6-3-11-22-18)12-15-16(20)4-2-5-17(15)21-19/h3,6-11H,2,4-5,12H2,1H3. The molecule has 4 rings (SSSR count). The molecule has 1 aliphatic heterocycles. The summed E-state index contributed by atoms with van der Waals surface area (Å²) < 4.78 is 6.46. The average Bonchev–Trinajstić information content (AvgIpc) is 3.16. The van der Waals surface area contributed by atoms with Gasteiger partial charge >= 0.3 is 0 Å². The van der Waals surface area contributed by atoms with E-state index in [2.05, 4.69) is 48.7 Å². The van der Waals surface area contributed by atoms with Crippen LogP contribution in [0, 0.1) is 6.92 Å². The van der Waals surface area contributed by atoms with Gasteiger partial charge in [0, 0.05) is 30.4 Å². The van der Waals surface area contributed by atoms with E-state index in [0.717, 1.165) is 29.7 Å². The molecule has 2 aliphatic rings. The summed E-state index contributed by atoms with van der Waals surface area (Å²) in [6.45, 7) is 2.09. The third kappa shape index (κ3) is 2.03. The normalized spacial score (nSPS) is 24.3. The van der Waals surface area contributed by atoms with Gasteiger partial charge in [-0.1, -0.05) is 35.9 Å². The van der Waals surface area contributed by atoms with Crippen molar-refractivity contribution in [3.05, 3.63) is 69.1 Å². The third-order valence-corrected chi connectivity index (χ3v) is 5.65. The molecule has 112 valence electrons. The zero-order valence-electron chi connectivity index (χ0n) is 12.6. The molecule has 1 aromatic heterocycles. The maximum absolute atomic E-state index is 12.3. The van der Waals surface area contributed by atoms with Crippen LogP contribution in [0.2, 0.25) is 0 Å². The molecule has 22 heavy (non-hydrogen) atoms. The second-order valence-corrected chi connectivity index (χ2v) is 7.08. The molecule has 0 N–H and O–H groups in total. The molecule has 0 amide bonds. The molecular weight excluding hydrogens is 292 g/mol. The quantitative estimate of drug-likeness (QED) is 0.801. The molecule has 0 saturated heterocycles. The van der Waals surface area contributed by atoms with Crippen LogP contribution < -0.4 is 0 Å². The molecule has 2 heterocycles. The topological polar surface area (TPSA) is 26.3 Å². The number of thiophene rings is 1. The number of carbonyl (C=O) groups excluding carboxylic acids is 1. The van der Waals surface area contributed by atoms with Crippen LogP contribution >= 0.6 is 11.3 Å². The van der Waals surface area contributed by atoms with Crippen molar-refractivity contribution < 1.29 is 9.53 Å². The first-order chi connectivity index (χ1) is 10.7. The Hall–Kier alpha value is -1.87. The Morgan fingerprint density at radius 1 is 1.14 bits per heavy atom. The SMILES string of the molecule is Cc1ccc(C2(c3cccs3)CC3=C(CCCC3=O)O2)cc1. The lowest BCUT2D eigenvalue weighted by molar-refractivity contribution is -0.116. The number of carbonyl (C=O) groups is 1. The molecule has 1 aliphatic carbocycles. The van der Waals surface area contributed by atoms with Crippen LogP contribution in [0.15, 0.2) is 53.1 Å². The highest BCUT2D eigenvalue weighted by Crippen LogP contribution is 2.50. The highest BCUT2D eigenvalue weighted by Gasteiger charge is 2.47. The van der Waals surface area contributed by atoms with Crippen molar-refractivity contribution in [2.75, 3.05) is 0 Å². The van der Waals surface area contributed by atoms with E-state index in [1.165, 1.54) is 10.4 Å². The summed E-state index contributed by atoms with van der Waals surface area (Å²) in [7, 11) is 0. The van der Waals surface area contributed by atoms with Crippen molar-refractivity contribution in [3.63, 3.8) is 0 Å². The summed E-state index contributed by atoms with van der Waals surface area (Å²) >= 11 is 1.70. The first-order valence-electron chi connectivity index (χ1n) is 7.74. The number of Topliss-reactive ketones (excluding diaryl/α,β-unsaturated/α-hetero) is 1. The van der Waals surface area contributed by atoms with Gasteiger partial charge in [-0.05, 0) is 24.8 Å². The molecule has 2 nitrogen and oxygen atoms in total. The van der Waals surface area contributed by atoms with Gasteiger partial charge < -0.3 is 4.74 Å². The number of hydrogen-bond acceptors (Lipinski definition) is 3. The highest BCUT2D eigenvalue weighted by molar-refractivity contribution is 7.10. The van der Waals surface area contributed by atoms with E-state index in [9.17, 15) is 4.79 Å². The number of hydrogen-bond donors (Lipinski definition) is 0. The number of benzene rings is 1. The second-order valence-electron chi connectivity index (χ2n) is 6.13. The smallest absolute Gasteiger partial charge is 0.172 e. The molecule has 0 radical (unpaired) electrons. The summed E-state index contributed by atoms with van der Waals surface area (Å²) in [5.74, 6) is 1.19. The summed E-state index contributed by atoms with van der Waals surface area (Å²) in [6, 6.07) is 12.7. The zero-order valence-corrected chi connectivity index (χ0v) is 13.4. The molecule has 0 saturated carbocycles. The van der Waals surface area contributed by atoms with Crippen molar-refractivity contribution in [2.24, 2.45) is 0 Å². The Morgan fingerprint density at radius 3 is 2.64 bits per heavy atom. The fourth-order valence-corrected chi connectivity index (χ4v) is 4.33. The first-order valence-corrected chi connectivity index (χ1v) is 8.62. The number of ether oxygens (including phenoxy) is 1. The van der Waals surface area contributed by atoms with E-state index >= 15 is 0 Å². The minimum Gasteiger partial charge on any atom is -0.481 e. The van der Waals surface area contributed by atoms with Gasteiger partial charge in [0.25, 0.3) is 0 Å². The lowest BCUT2D eigenvalue weighted by Crippen LogP contribution is -2.26. The van der Waals surface area contributed by atoms with Gasteiger partial charge in [-0.2, -0.15) is 0 Å². The molecule has 1 unspecified atom stereocenters. The predicted octanol–water partition coefficient (Wildman–Crippen LogP) is 4.73. The number of rotatable bonds is 2. The fraction of sp³-hybridized carbons (Fsp3) is 0.316. The third-order valence-electron chi connectivity index (χ3n) is 4.64. The predicted molar refractivity (Wildman–Crippen MR) is 87.9 cm³/mol. The van der Waals surface area contributed by atoms with Gasteiger partial charge in [-0.25, -0.2) is 0 Å². The van der Waals surface area contributed by atoms with E-state index in [1.54, 1.807) is 11.3 Å². The van der Waals surface area contributed by atoms with Gasteiger partial charge in [-0.15, -0.1) is 11.3 Å². The van der Waals surface area contributed by atoms with Crippen molar-refractivity contribution in [3.8, 4) is 0 Å². The van der Waals surface area contributed by atoms with Crippen molar-refractivity contribution in [1.29, 1.82) is 0 Å². The lowest BCUT2D eigenvalue weighted by atomic mass is 9.84. The van der Waals surface area contributed by atoms with Gasteiger partial charge in [0.05, 0.1) is 4.88 Å². The van der Waals surface area contributed by atoms with Crippen LogP contribution in [0.25, 0.3) is 0 Å². The largest absolute Gasteiger partial charge is 0.481 e. The first kappa shape index (κ1) is 13.8. The summed E-state index contributed by atoms with van der Waals surface area (Å²) in [4.78, 5) is 13.5. The fourth-order valence-electron chi connectivity index (χ4n) is 3.44. The molecule has 2 aromatic rings. The van der Waals surface area contributed by atoms with Crippen molar-refractivity contribution in [2.45, 2.75) is 38.2 Å². The van der Waals surface area contributed by atoms with E-state index in [-0.39, 0.29) is 5.78 Å². The Labute approximate surface area is 134 Å². The number of allylic oxidation sites excluding steroid dienone is 1. The Balaban J connectivity index is 1.83. The zero-order chi connectivity index (χ0) is 15.2. The Morgan fingerprint density at radius 2 is 1.95 bits per heavy atom. The summed E-state index contributed by atoms with van der Waals surface area (Å²) in [5.41, 5.74) is 2.78. The van der Waals surface area contributed by atoms with Gasteiger partial charge in [-0.3, -0.25) is 4.79 Å². The molecule has 1 atom stereocenters. The Kier molecular flexibility index (Phi) is 3.19. The minimum absolute atomic E-state index is 0.270. The minimum atomic E-state index is -0.507. The molecule has 3 heteroatoms. The van der Waals surface area contributed by atoms with E-state index in [1.807, 2.05) is 0 Å². The van der Waals surface area contributed by atoms with Crippen LogP contribution in [0.1, 0.15) is 41.7 Å². The lowest BCUT2D eigenvalue weighted by Gasteiger charge is -2.30. The monoisotopic (exact) mass is 310 g/mol. The van der Waals surface area contributed by atoms with E-state index in [0.29, 0.717) is 12.8 Å². The second kappa shape index (κ2) is 5.10. The van der Waals surface area contributed by atoms with Crippen LogP contribution in [0.4, 0.5) is 0 Å². The van der Waals surface area contributed by atoms with Gasteiger partial charge in [0.1, 0.15) is 5.76 Å². The van der Waals surface area contributed by atoms with Crippen molar-refractivity contribution in [1.82, 2.24) is 0 Å². The molecular formula is C19H18O2S. The average molecular weight is 310 g/mol. The van der Waals surface area contributed by atoms with Crippen LogP contribution in [0.3, 0.4) is 0 Å². The number of aryl methyl sites for hydroxylation is 1. The molecule has 0 fully saturated rings. The van der Waals surface area contributed by atoms with Gasteiger partial charge in [0.2, 0.25) is 0 Å². The molecule has 0 spiro atoms. The maximum Gasteiger partial charge on any atom is 0.172 e. The summed E-state index contributed by atoms with van der Waals surface area (Å²) in [5, 5.41) is 2.08. The van der Waals surface area contributed by atoms with E-state index in [4.69, 9.17) is 4.74 Å². The van der Waals surface area contributed by atoms with E-state index < -0.39 is 5.60 Å². The highest BCUT2D eigenvalue weighted by atomic mass is 32.1. The maximum atomic E-state index is 12.3. The molecule has 1 aromatic carbocycles. The number of ketones is 1. The Bertz CT molecular complexity index is 740. The summed E-state index contributed by atoms with van der Waals surface area (Å²) in [6.07, 6.45) is 3.13. The van der Waals surface area contributed by atoms with Crippen molar-refractivity contribution >= 4 is 17.1 Å². The van der Waals surface area contributed by atoms with Crippen LogP contribution in [0.5, 0.6) is 0 Å². The van der Waals surface area contributed by atoms with Crippen LogP contribution in [-0.4, -0.2) is 5.78 Å².